The topological polar surface area (TPSA) is 29.1 Å². The van der Waals surface area contributed by atoms with E-state index in [1.165, 1.54) is 5.56 Å². The molecule has 2 nitrogen and oxygen atoms in total. The van der Waals surface area contributed by atoms with Crippen LogP contribution in [0.4, 0.5) is 5.69 Å². The van der Waals surface area contributed by atoms with Crippen LogP contribution in [0.1, 0.15) is 37.5 Å². The Morgan fingerprint density at radius 1 is 1.24 bits per heavy atom. The Hall–Kier alpha value is -1.32. The first-order chi connectivity index (χ1) is 11.7. The third-order valence-corrected chi connectivity index (χ3v) is 6.70. The molecule has 0 bridgehead atoms. The highest BCUT2D eigenvalue weighted by Gasteiger charge is 2.51. The number of aldehydes is 1. The molecule has 3 rings (SSSR count). The van der Waals surface area contributed by atoms with Crippen LogP contribution < -0.4 is 5.32 Å². The largest absolute Gasteiger partial charge is 0.379 e. The van der Waals surface area contributed by atoms with Crippen molar-refractivity contribution in [3.05, 3.63) is 62.6 Å². The number of nitrogens with one attached hydrogen (secondary N) is 1. The summed E-state index contributed by atoms with van der Waals surface area (Å²) in [5.74, 6) is -0.209. The van der Waals surface area contributed by atoms with Gasteiger partial charge in [-0.2, -0.15) is 0 Å². The van der Waals surface area contributed by atoms with Crippen LogP contribution in [0.5, 0.6) is 0 Å². The molecule has 0 fully saturated rings. The maximum Gasteiger partial charge on any atom is 0.126 e. The maximum absolute atomic E-state index is 12.2. The van der Waals surface area contributed by atoms with E-state index in [0.717, 1.165) is 34.0 Å². The van der Waals surface area contributed by atoms with Gasteiger partial charge in [0.1, 0.15) is 6.29 Å². The fraction of sp³-hybridized carbons (Fsp3) is 0.381. The summed E-state index contributed by atoms with van der Waals surface area (Å²) in [5.41, 5.74) is 3.65. The molecule has 1 aliphatic rings. The Morgan fingerprint density at radius 3 is 2.48 bits per heavy atom. The van der Waals surface area contributed by atoms with Gasteiger partial charge >= 0.3 is 0 Å². The van der Waals surface area contributed by atoms with Crippen LogP contribution in [0.3, 0.4) is 0 Å². The Balaban J connectivity index is 2.29. The zero-order chi connectivity index (χ0) is 18.4. The molecule has 1 N–H and O–H groups in total. The highest BCUT2D eigenvalue weighted by molar-refractivity contribution is 9.10. The second-order valence-corrected chi connectivity index (χ2v) is 9.01. The Labute approximate surface area is 163 Å². The number of carbonyl (C=O) groups is 1. The molecule has 2 aromatic carbocycles. The Kier molecular flexibility index (Phi) is 4.76. The quantitative estimate of drug-likeness (QED) is 0.623. The molecule has 0 saturated heterocycles. The van der Waals surface area contributed by atoms with Crippen molar-refractivity contribution in [1.29, 1.82) is 0 Å². The lowest BCUT2D eigenvalue weighted by atomic mass is 9.59. The minimum atomic E-state index is -0.404. The summed E-state index contributed by atoms with van der Waals surface area (Å²) in [6.45, 7) is 8.42. The van der Waals surface area contributed by atoms with E-state index < -0.39 is 5.41 Å². The lowest BCUT2D eigenvalue weighted by molar-refractivity contribution is -0.114. The van der Waals surface area contributed by atoms with Crippen molar-refractivity contribution in [3.8, 4) is 0 Å². The molecule has 132 valence electrons. The fourth-order valence-electron chi connectivity index (χ4n) is 4.34. The van der Waals surface area contributed by atoms with Crippen molar-refractivity contribution in [3.63, 3.8) is 0 Å². The highest BCUT2D eigenvalue weighted by atomic mass is 79.9. The minimum absolute atomic E-state index is 0.209. The van der Waals surface area contributed by atoms with E-state index in [1.807, 2.05) is 24.3 Å². The fourth-order valence-corrected chi connectivity index (χ4v) is 5.25. The molecule has 4 heteroatoms. The summed E-state index contributed by atoms with van der Waals surface area (Å²) in [6.07, 6.45) is 1.84. The number of hydrogen-bond acceptors (Lipinski definition) is 2. The van der Waals surface area contributed by atoms with E-state index in [2.05, 4.69) is 61.1 Å². The third kappa shape index (κ3) is 3.02. The average molecular weight is 421 g/mol. The second kappa shape index (κ2) is 6.44. The van der Waals surface area contributed by atoms with Gasteiger partial charge in [0.2, 0.25) is 0 Å². The van der Waals surface area contributed by atoms with Gasteiger partial charge in [-0.1, -0.05) is 48.9 Å². The van der Waals surface area contributed by atoms with E-state index in [4.69, 9.17) is 11.6 Å². The first-order valence-electron chi connectivity index (χ1n) is 8.47. The summed E-state index contributed by atoms with van der Waals surface area (Å²) in [7, 11) is 0. The molecule has 0 aromatic heterocycles. The Morgan fingerprint density at radius 2 is 1.88 bits per heavy atom. The van der Waals surface area contributed by atoms with Crippen LogP contribution in [0.15, 0.2) is 40.9 Å². The predicted molar refractivity (Wildman–Crippen MR) is 109 cm³/mol. The monoisotopic (exact) mass is 419 g/mol. The SMILES string of the molecule is Cc1cc(Br)c(Cl)c2c1NC(C)(C)C(C=O)C2(C)Cc1ccccc1. The van der Waals surface area contributed by atoms with Crippen LogP contribution in [-0.4, -0.2) is 11.8 Å². The molecule has 0 spiro atoms. The van der Waals surface area contributed by atoms with Gasteiger partial charge in [-0.3, -0.25) is 0 Å². The van der Waals surface area contributed by atoms with Gasteiger partial charge in [0, 0.05) is 32.6 Å². The molecule has 0 saturated carbocycles. The van der Waals surface area contributed by atoms with Gasteiger partial charge in [-0.15, -0.1) is 0 Å². The summed E-state index contributed by atoms with van der Waals surface area (Å²) in [5, 5.41) is 4.27. The first-order valence-corrected chi connectivity index (χ1v) is 9.64. The van der Waals surface area contributed by atoms with Crippen molar-refractivity contribution >= 4 is 39.5 Å². The number of rotatable bonds is 3. The van der Waals surface area contributed by atoms with Crippen LogP contribution in [0.2, 0.25) is 5.02 Å². The van der Waals surface area contributed by atoms with Gasteiger partial charge in [0.25, 0.3) is 0 Å². The van der Waals surface area contributed by atoms with E-state index in [0.29, 0.717) is 5.02 Å². The molecule has 2 atom stereocenters. The van der Waals surface area contributed by atoms with Gasteiger partial charge in [0.15, 0.2) is 0 Å². The number of carbonyl (C=O) groups excluding carboxylic acids is 1. The van der Waals surface area contributed by atoms with Crippen molar-refractivity contribution in [2.45, 2.75) is 45.1 Å². The molecule has 0 radical (unpaired) electrons. The molecule has 0 aliphatic carbocycles. The molecular formula is C21H23BrClNO. The van der Waals surface area contributed by atoms with Crippen LogP contribution in [-0.2, 0) is 16.6 Å². The molecule has 2 aromatic rings. The molecule has 1 heterocycles. The predicted octanol–water partition coefficient (Wildman–Crippen LogP) is 5.93. The number of hydrogen-bond donors (Lipinski definition) is 1. The zero-order valence-electron chi connectivity index (χ0n) is 15.0. The summed E-state index contributed by atoms with van der Waals surface area (Å²) in [4.78, 5) is 12.2. The van der Waals surface area contributed by atoms with Gasteiger partial charge in [-0.05, 0) is 60.3 Å². The van der Waals surface area contributed by atoms with Crippen molar-refractivity contribution < 1.29 is 4.79 Å². The average Bonchev–Trinajstić information content (AvgIpc) is 2.52. The smallest absolute Gasteiger partial charge is 0.126 e. The minimum Gasteiger partial charge on any atom is -0.379 e. The first kappa shape index (κ1) is 18.5. The van der Waals surface area contributed by atoms with Crippen molar-refractivity contribution in [1.82, 2.24) is 0 Å². The number of halogens is 2. The molecule has 1 aliphatic heterocycles. The lowest BCUT2D eigenvalue weighted by Crippen LogP contribution is -2.56. The van der Waals surface area contributed by atoms with E-state index in [9.17, 15) is 4.79 Å². The summed E-state index contributed by atoms with van der Waals surface area (Å²) in [6, 6.07) is 12.3. The molecule has 2 unspecified atom stereocenters. The summed E-state index contributed by atoms with van der Waals surface area (Å²) < 4.78 is 0.871. The number of benzene rings is 2. The maximum atomic E-state index is 12.2. The van der Waals surface area contributed by atoms with E-state index in [1.54, 1.807) is 0 Å². The highest BCUT2D eigenvalue weighted by Crippen LogP contribution is 2.53. The number of aryl methyl sites for hydroxylation is 1. The number of fused-ring (bicyclic) bond motifs is 1. The normalized spacial score (nSPS) is 24.3. The van der Waals surface area contributed by atoms with Gasteiger partial charge < -0.3 is 10.1 Å². The van der Waals surface area contributed by atoms with E-state index >= 15 is 0 Å². The van der Waals surface area contributed by atoms with Gasteiger partial charge in [0.05, 0.1) is 5.02 Å². The number of anilines is 1. The van der Waals surface area contributed by atoms with Crippen LogP contribution in [0.25, 0.3) is 0 Å². The standard InChI is InChI=1S/C21H23BrClNO/c1-13-10-15(22)18(23)17-19(13)24-20(2,3)16(12-25)21(17,4)11-14-8-6-5-7-9-14/h5-10,12,16,24H,11H2,1-4H3. The molecule has 25 heavy (non-hydrogen) atoms. The zero-order valence-corrected chi connectivity index (χ0v) is 17.3. The molecular weight excluding hydrogens is 398 g/mol. The van der Waals surface area contributed by atoms with Crippen LogP contribution in [0, 0.1) is 12.8 Å². The second-order valence-electron chi connectivity index (χ2n) is 7.78. The lowest BCUT2D eigenvalue weighted by Gasteiger charge is -2.51. The van der Waals surface area contributed by atoms with E-state index in [-0.39, 0.29) is 11.5 Å². The van der Waals surface area contributed by atoms with Crippen molar-refractivity contribution in [2.24, 2.45) is 5.92 Å². The Bertz CT molecular complexity index is 818. The van der Waals surface area contributed by atoms with Crippen molar-refractivity contribution in [2.75, 3.05) is 5.32 Å². The van der Waals surface area contributed by atoms with Gasteiger partial charge in [-0.25, -0.2) is 0 Å². The van der Waals surface area contributed by atoms with Crippen LogP contribution >= 0.6 is 27.5 Å². The summed E-state index contributed by atoms with van der Waals surface area (Å²) >= 11 is 10.3. The third-order valence-electron chi connectivity index (χ3n) is 5.45. The molecule has 0 amide bonds.